The van der Waals surface area contributed by atoms with E-state index in [0.29, 0.717) is 43.1 Å². The van der Waals surface area contributed by atoms with Crippen molar-refractivity contribution in [2.45, 2.75) is 31.9 Å². The van der Waals surface area contributed by atoms with Gasteiger partial charge >= 0.3 is 6.18 Å². The quantitative estimate of drug-likeness (QED) is 0.199. The van der Waals surface area contributed by atoms with E-state index in [4.69, 9.17) is 15.5 Å². The molecule has 7 rings (SSSR count). The number of nitrogen functional groups attached to an aromatic ring is 1. The number of imidazole rings is 1. The minimum absolute atomic E-state index is 0.0779. The molecule has 10 nitrogen and oxygen atoms in total. The highest BCUT2D eigenvalue weighted by molar-refractivity contribution is 6.04. The summed E-state index contributed by atoms with van der Waals surface area (Å²) in [5.74, 6) is 0.138. The van der Waals surface area contributed by atoms with Gasteiger partial charge in [-0.1, -0.05) is 48.5 Å². The van der Waals surface area contributed by atoms with Gasteiger partial charge in [-0.25, -0.2) is 15.0 Å². The van der Waals surface area contributed by atoms with Crippen molar-refractivity contribution < 1.29 is 27.5 Å². The van der Waals surface area contributed by atoms with E-state index in [9.17, 15) is 22.8 Å². The van der Waals surface area contributed by atoms with Crippen molar-refractivity contribution in [2.75, 3.05) is 37.4 Å². The van der Waals surface area contributed by atoms with Crippen molar-refractivity contribution in [3.05, 3.63) is 107 Å². The molecule has 0 aliphatic carbocycles. The fraction of sp³-hybridized carbons (Fsp3) is 0.270. The van der Waals surface area contributed by atoms with Crippen LogP contribution in [0.5, 0.6) is 0 Å². The molecule has 50 heavy (non-hydrogen) atoms. The zero-order valence-electron chi connectivity index (χ0n) is 27.2. The highest BCUT2D eigenvalue weighted by Crippen LogP contribution is 2.37. The topological polar surface area (TPSA) is 128 Å². The van der Waals surface area contributed by atoms with Crippen molar-refractivity contribution in [3.8, 4) is 11.3 Å². The number of anilines is 2. The smallest absolute Gasteiger partial charge is 0.382 e. The van der Waals surface area contributed by atoms with Crippen molar-refractivity contribution in [1.29, 1.82) is 0 Å². The molecular weight excluding hydrogens is 647 g/mol. The van der Waals surface area contributed by atoms with Gasteiger partial charge in [0, 0.05) is 36.3 Å². The summed E-state index contributed by atoms with van der Waals surface area (Å²) in [6.45, 7) is 3.89. The highest BCUT2D eigenvalue weighted by atomic mass is 19.4. The van der Waals surface area contributed by atoms with Gasteiger partial charge in [0.15, 0.2) is 0 Å². The minimum atomic E-state index is -4.57. The molecule has 0 spiro atoms. The van der Waals surface area contributed by atoms with Crippen LogP contribution in [0, 0.1) is 5.41 Å². The van der Waals surface area contributed by atoms with E-state index >= 15 is 0 Å². The Kier molecular flexibility index (Phi) is 8.60. The van der Waals surface area contributed by atoms with Crippen LogP contribution in [0.4, 0.5) is 24.8 Å². The van der Waals surface area contributed by atoms with Gasteiger partial charge in [-0.3, -0.25) is 14.0 Å². The maximum absolute atomic E-state index is 13.5. The number of nitrogens with one attached hydrogen (secondary N) is 1. The molecule has 2 aliphatic rings. The molecule has 1 atom stereocenters. The first-order valence-corrected chi connectivity index (χ1v) is 16.2. The van der Waals surface area contributed by atoms with Crippen LogP contribution >= 0.6 is 0 Å². The Morgan fingerprint density at radius 3 is 2.50 bits per heavy atom. The molecule has 2 amide bonds. The van der Waals surface area contributed by atoms with E-state index < -0.39 is 23.1 Å². The van der Waals surface area contributed by atoms with Crippen LogP contribution in [-0.4, -0.2) is 62.4 Å². The molecule has 2 aliphatic heterocycles. The second kappa shape index (κ2) is 13.0. The monoisotopic (exact) mass is 681 g/mol. The minimum Gasteiger partial charge on any atom is -0.382 e. The van der Waals surface area contributed by atoms with Gasteiger partial charge in [-0.2, -0.15) is 13.2 Å². The number of nitrogens with two attached hydrogens (primary N) is 1. The molecule has 2 saturated heterocycles. The fourth-order valence-corrected chi connectivity index (χ4v) is 6.46. The second-order valence-electron chi connectivity index (χ2n) is 12.9. The summed E-state index contributed by atoms with van der Waals surface area (Å²) in [6, 6.07) is 18.0. The summed E-state index contributed by atoms with van der Waals surface area (Å²) in [5.41, 5.74) is 8.87. The van der Waals surface area contributed by atoms with E-state index in [1.54, 1.807) is 30.5 Å². The predicted molar refractivity (Wildman–Crippen MR) is 183 cm³/mol. The molecular formula is C37H34F3N7O3. The van der Waals surface area contributed by atoms with Gasteiger partial charge < -0.3 is 20.7 Å². The number of amides is 2. The van der Waals surface area contributed by atoms with Crippen LogP contribution in [0.2, 0.25) is 0 Å². The van der Waals surface area contributed by atoms with Gasteiger partial charge in [-0.05, 0) is 55.7 Å². The Morgan fingerprint density at radius 1 is 1.04 bits per heavy atom. The average Bonchev–Trinajstić information content (AvgIpc) is 3.52. The molecule has 5 heterocycles. The van der Waals surface area contributed by atoms with E-state index in [0.717, 1.165) is 48.3 Å². The first kappa shape index (κ1) is 33.0. The van der Waals surface area contributed by atoms with Crippen LogP contribution in [-0.2, 0) is 15.7 Å². The lowest BCUT2D eigenvalue weighted by molar-refractivity contribution is -0.170. The summed E-state index contributed by atoms with van der Waals surface area (Å²) in [7, 11) is 0. The summed E-state index contributed by atoms with van der Waals surface area (Å²) < 4.78 is 46.9. The number of halogens is 3. The molecule has 0 bridgehead atoms. The number of hydrogen-bond acceptors (Lipinski definition) is 7. The maximum Gasteiger partial charge on any atom is 0.416 e. The van der Waals surface area contributed by atoms with Gasteiger partial charge in [0.25, 0.3) is 5.91 Å². The van der Waals surface area contributed by atoms with Crippen molar-refractivity contribution in [3.63, 3.8) is 0 Å². The van der Waals surface area contributed by atoms with E-state index in [1.165, 1.54) is 0 Å². The first-order chi connectivity index (χ1) is 24.0. The lowest BCUT2D eigenvalue weighted by atomic mass is 9.85. The van der Waals surface area contributed by atoms with E-state index in [-0.39, 0.29) is 29.0 Å². The second-order valence-corrected chi connectivity index (χ2v) is 12.9. The van der Waals surface area contributed by atoms with Crippen molar-refractivity contribution in [1.82, 2.24) is 24.3 Å². The summed E-state index contributed by atoms with van der Waals surface area (Å²) in [4.78, 5) is 41.9. The van der Waals surface area contributed by atoms with E-state index in [2.05, 4.69) is 15.3 Å². The maximum atomic E-state index is 13.5. The molecule has 13 heteroatoms. The summed E-state index contributed by atoms with van der Waals surface area (Å²) in [5, 5.41) is 2.44. The van der Waals surface area contributed by atoms with Crippen LogP contribution in [0.1, 0.15) is 58.7 Å². The fourth-order valence-electron chi connectivity index (χ4n) is 6.46. The van der Waals surface area contributed by atoms with Crippen LogP contribution in [0.15, 0.2) is 79.1 Å². The first-order valence-electron chi connectivity index (χ1n) is 16.2. The molecule has 0 unspecified atom stereocenters. The number of carbonyl (C=O) groups is 2. The molecule has 3 N–H and O–H groups in total. The Morgan fingerprint density at radius 2 is 1.80 bits per heavy atom. The lowest BCUT2D eigenvalue weighted by Gasteiger charge is -2.42. The van der Waals surface area contributed by atoms with E-state index in [1.807, 2.05) is 58.7 Å². The lowest BCUT2D eigenvalue weighted by Crippen LogP contribution is -2.55. The van der Waals surface area contributed by atoms with Crippen molar-refractivity contribution in [2.24, 2.45) is 5.41 Å². The molecule has 256 valence electrons. The third kappa shape index (κ3) is 6.43. The molecule has 2 aromatic carbocycles. The number of piperidine rings is 1. The summed E-state index contributed by atoms with van der Waals surface area (Å²) >= 11 is 0. The zero-order valence-corrected chi connectivity index (χ0v) is 27.2. The molecule has 3 aromatic heterocycles. The number of fused-ring (bicyclic) bond motifs is 1. The predicted octanol–water partition coefficient (Wildman–Crippen LogP) is 6.56. The molecule has 0 saturated carbocycles. The Hall–Kier alpha value is -5.56. The van der Waals surface area contributed by atoms with Gasteiger partial charge in [0.2, 0.25) is 5.91 Å². The van der Waals surface area contributed by atoms with Crippen molar-refractivity contribution >= 4 is 41.1 Å². The van der Waals surface area contributed by atoms with Crippen LogP contribution < -0.4 is 11.1 Å². The van der Waals surface area contributed by atoms with Crippen LogP contribution in [0.25, 0.3) is 28.9 Å². The third-order valence-electron chi connectivity index (χ3n) is 9.17. The highest BCUT2D eigenvalue weighted by Gasteiger charge is 2.45. The SMILES string of the molecule is CC1(C(=O)N2CCC[C@@H](c3nc(-c4ccc(C(=O)Nc5cc(C(F)(F)F)ccn5)cc4)c4c(N)ncc(/C=C/c5ccccc5)n34)C2)COC1. The van der Waals surface area contributed by atoms with Gasteiger partial charge in [0.05, 0.1) is 36.1 Å². The number of rotatable bonds is 7. The van der Waals surface area contributed by atoms with Gasteiger partial charge in [-0.15, -0.1) is 0 Å². The third-order valence-corrected chi connectivity index (χ3v) is 9.17. The number of nitrogens with zero attached hydrogens (tertiary/aromatic N) is 5. The number of likely N-dealkylation sites (tertiary alicyclic amines) is 1. The largest absolute Gasteiger partial charge is 0.416 e. The molecule has 5 aromatic rings. The molecule has 2 fully saturated rings. The normalized spacial score (nSPS) is 17.5. The number of hydrogen-bond donors (Lipinski definition) is 2. The number of ether oxygens (including phenoxy) is 1. The van der Waals surface area contributed by atoms with Gasteiger partial charge in [0.1, 0.15) is 28.7 Å². The number of benzene rings is 2. The molecule has 0 radical (unpaired) electrons. The summed E-state index contributed by atoms with van der Waals surface area (Å²) in [6.07, 6.45) is 3.67. The standard InChI is InChI=1S/C37H34F3N7O3/c1-36(21-50-22-36)35(49)46-17-5-8-26(20-46)33-45-30(31-32(41)43-19-28(47(31)33)14-9-23-6-3-2-4-7-23)24-10-12-25(13-11-24)34(48)44-29-18-27(15-16-42-29)37(38,39)40/h2-4,6-7,9-16,18-19,26H,5,8,17,20-22H2,1H3,(H2,41,43)(H,42,44,48)/b14-9+/t26-/m1/s1. The Bertz CT molecular complexity index is 2090. The number of aromatic nitrogens is 4. The number of alkyl halides is 3. The Labute approximate surface area is 285 Å². The Balaban J connectivity index is 1.25. The number of carbonyl (C=O) groups excluding carboxylic acids is 2. The number of pyridine rings is 1. The van der Waals surface area contributed by atoms with Crippen LogP contribution in [0.3, 0.4) is 0 Å². The average molecular weight is 682 g/mol. The zero-order chi connectivity index (χ0) is 35.0.